The Morgan fingerprint density at radius 3 is 2.55 bits per heavy atom. The van der Waals surface area contributed by atoms with Crippen molar-refractivity contribution >= 4 is 39.3 Å². The summed E-state index contributed by atoms with van der Waals surface area (Å²) in [6.07, 6.45) is 7.97. The molecule has 5 nitrogen and oxygen atoms in total. The smallest absolute Gasteiger partial charge is 0.248 e. The molecule has 0 unspecified atom stereocenters. The van der Waals surface area contributed by atoms with Gasteiger partial charge in [-0.2, -0.15) is 0 Å². The molecule has 2 saturated carbocycles. The van der Waals surface area contributed by atoms with Crippen LogP contribution in [-0.2, 0) is 14.8 Å². The van der Waals surface area contributed by atoms with Crippen molar-refractivity contribution in [3.63, 3.8) is 0 Å². The minimum absolute atomic E-state index is 0.0729. The highest BCUT2D eigenvalue weighted by Gasteiger charge is 2.42. The lowest BCUT2D eigenvalue weighted by Crippen LogP contribution is -2.40. The molecule has 2 aliphatic carbocycles. The maximum atomic E-state index is 12.8. The van der Waals surface area contributed by atoms with Crippen LogP contribution in [0.1, 0.15) is 38.2 Å². The molecular formula is C24H27ClN2O3S. The number of halogens is 1. The first kappa shape index (κ1) is 22.1. The van der Waals surface area contributed by atoms with Crippen LogP contribution in [0.2, 0.25) is 5.02 Å². The van der Waals surface area contributed by atoms with Crippen LogP contribution in [0.4, 0.5) is 5.69 Å². The van der Waals surface area contributed by atoms with Gasteiger partial charge >= 0.3 is 0 Å². The number of nitrogens with one attached hydrogen (secondary N) is 2. The predicted octanol–water partition coefficient (Wildman–Crippen LogP) is 5.09. The van der Waals surface area contributed by atoms with Gasteiger partial charge in [0.2, 0.25) is 15.9 Å². The molecule has 2 aliphatic rings. The molecule has 2 bridgehead atoms. The molecule has 4 rings (SSSR count). The van der Waals surface area contributed by atoms with Gasteiger partial charge in [0.15, 0.2) is 0 Å². The molecule has 1 amide bonds. The Labute approximate surface area is 188 Å². The molecule has 0 saturated heterocycles. The zero-order valence-corrected chi connectivity index (χ0v) is 19.0. The van der Waals surface area contributed by atoms with Crippen LogP contribution < -0.4 is 10.0 Å². The minimum atomic E-state index is -3.60. The van der Waals surface area contributed by atoms with Crippen LogP contribution in [0.25, 0.3) is 6.08 Å². The van der Waals surface area contributed by atoms with Crippen molar-refractivity contribution in [1.82, 2.24) is 4.72 Å². The maximum Gasteiger partial charge on any atom is 0.248 e. The van der Waals surface area contributed by atoms with Gasteiger partial charge in [0.1, 0.15) is 0 Å². The predicted molar refractivity (Wildman–Crippen MR) is 124 cm³/mol. The fraction of sp³-hybridized carbons (Fsp3) is 0.375. The highest BCUT2D eigenvalue weighted by atomic mass is 35.5. The van der Waals surface area contributed by atoms with E-state index >= 15 is 0 Å². The molecule has 0 heterocycles. The molecule has 31 heavy (non-hydrogen) atoms. The average molecular weight is 459 g/mol. The van der Waals surface area contributed by atoms with Gasteiger partial charge < -0.3 is 5.32 Å². The van der Waals surface area contributed by atoms with Crippen LogP contribution in [-0.4, -0.2) is 20.4 Å². The number of rotatable bonds is 7. The lowest BCUT2D eigenvalue weighted by molar-refractivity contribution is -0.111. The average Bonchev–Trinajstić information content (AvgIpc) is 3.36. The second kappa shape index (κ2) is 9.15. The van der Waals surface area contributed by atoms with Crippen molar-refractivity contribution in [3.05, 3.63) is 65.2 Å². The third-order valence-electron chi connectivity index (χ3n) is 6.48. The van der Waals surface area contributed by atoms with E-state index in [-0.39, 0.29) is 16.8 Å². The molecule has 0 radical (unpaired) electrons. The molecule has 2 N–H and O–H groups in total. The molecule has 4 atom stereocenters. The highest BCUT2D eigenvalue weighted by Crippen LogP contribution is 2.49. The largest absolute Gasteiger partial charge is 0.323 e. The van der Waals surface area contributed by atoms with E-state index in [2.05, 4.69) is 10.0 Å². The SMILES string of the molecule is C[C@@H](NS(=O)(=O)c1ccc(NC(=O)/C=C/c2cccc(Cl)c2)cc1)[C@@H]1C[C@H]2CC[C@H]1C2. The summed E-state index contributed by atoms with van der Waals surface area (Å²) in [5, 5.41) is 3.34. The maximum absolute atomic E-state index is 12.8. The van der Waals surface area contributed by atoms with Crippen molar-refractivity contribution in [1.29, 1.82) is 0 Å². The van der Waals surface area contributed by atoms with E-state index in [9.17, 15) is 13.2 Å². The summed E-state index contributed by atoms with van der Waals surface area (Å²) in [6, 6.07) is 13.3. The Morgan fingerprint density at radius 1 is 1.13 bits per heavy atom. The summed E-state index contributed by atoms with van der Waals surface area (Å²) in [5.74, 6) is 1.55. The fourth-order valence-corrected chi connectivity index (χ4v) is 6.48. The summed E-state index contributed by atoms with van der Waals surface area (Å²) in [4.78, 5) is 12.3. The molecule has 0 aromatic heterocycles. The van der Waals surface area contributed by atoms with Gasteiger partial charge in [-0.25, -0.2) is 13.1 Å². The topological polar surface area (TPSA) is 75.3 Å². The number of fused-ring (bicyclic) bond motifs is 2. The van der Waals surface area contributed by atoms with Crippen molar-refractivity contribution < 1.29 is 13.2 Å². The molecule has 2 fully saturated rings. The summed E-state index contributed by atoms with van der Waals surface area (Å²) < 4.78 is 28.5. The van der Waals surface area contributed by atoms with Gasteiger partial charge in [-0.1, -0.05) is 30.2 Å². The number of hydrogen-bond donors (Lipinski definition) is 2. The monoisotopic (exact) mass is 458 g/mol. The number of benzene rings is 2. The Morgan fingerprint density at radius 2 is 1.90 bits per heavy atom. The first-order valence-electron chi connectivity index (χ1n) is 10.7. The van der Waals surface area contributed by atoms with Gasteiger partial charge in [-0.05, 0) is 92.0 Å². The Bertz CT molecular complexity index is 1080. The van der Waals surface area contributed by atoms with E-state index in [1.807, 2.05) is 19.1 Å². The summed E-state index contributed by atoms with van der Waals surface area (Å²) in [5.41, 5.74) is 1.35. The van der Waals surface area contributed by atoms with Crippen molar-refractivity contribution in [2.45, 2.75) is 43.5 Å². The highest BCUT2D eigenvalue weighted by molar-refractivity contribution is 7.89. The molecule has 7 heteroatoms. The Hall–Kier alpha value is -2.15. The quantitative estimate of drug-likeness (QED) is 0.567. The van der Waals surface area contributed by atoms with E-state index in [4.69, 9.17) is 11.6 Å². The molecule has 164 valence electrons. The lowest BCUT2D eigenvalue weighted by Gasteiger charge is -2.28. The minimum Gasteiger partial charge on any atom is -0.323 e. The zero-order valence-electron chi connectivity index (χ0n) is 17.4. The molecule has 0 spiro atoms. The van der Waals surface area contributed by atoms with Crippen LogP contribution >= 0.6 is 11.6 Å². The van der Waals surface area contributed by atoms with E-state index < -0.39 is 10.0 Å². The van der Waals surface area contributed by atoms with Crippen LogP contribution in [0.5, 0.6) is 0 Å². The van der Waals surface area contributed by atoms with Crippen molar-refractivity contribution in [3.8, 4) is 0 Å². The molecular weight excluding hydrogens is 432 g/mol. The first-order valence-corrected chi connectivity index (χ1v) is 12.5. The number of anilines is 1. The van der Waals surface area contributed by atoms with Crippen LogP contribution in [0, 0.1) is 17.8 Å². The standard InChI is InChI=1S/C24H27ClN2O3S/c1-16(23-15-18-5-7-19(23)13-18)27-31(29,30)22-10-8-21(9-11-22)26-24(28)12-6-17-3-2-4-20(25)14-17/h2-4,6,8-12,14,16,18-19,23,27H,5,7,13,15H2,1H3,(H,26,28)/b12-6+/t16-,18+,19+,23+/m1/s1. The van der Waals surface area contributed by atoms with Crippen molar-refractivity contribution in [2.75, 3.05) is 5.32 Å². The third-order valence-corrected chi connectivity index (χ3v) is 8.29. The van der Waals surface area contributed by atoms with Gasteiger partial charge in [-0.3, -0.25) is 4.79 Å². The third kappa shape index (κ3) is 5.37. The summed E-state index contributed by atoms with van der Waals surface area (Å²) in [6.45, 7) is 1.98. The van der Waals surface area contributed by atoms with Gasteiger partial charge in [0.25, 0.3) is 0 Å². The van der Waals surface area contributed by atoms with E-state index in [1.165, 1.54) is 37.5 Å². The molecule has 2 aromatic rings. The number of carbonyl (C=O) groups excluding carboxylic acids is 1. The second-order valence-corrected chi connectivity index (χ2v) is 10.8. The zero-order chi connectivity index (χ0) is 22.0. The summed E-state index contributed by atoms with van der Waals surface area (Å²) >= 11 is 5.94. The van der Waals surface area contributed by atoms with Crippen LogP contribution in [0.3, 0.4) is 0 Å². The molecule has 2 aromatic carbocycles. The number of carbonyl (C=O) groups is 1. The van der Waals surface area contributed by atoms with E-state index in [1.54, 1.807) is 30.3 Å². The normalized spacial score (nSPS) is 23.9. The van der Waals surface area contributed by atoms with Gasteiger partial charge in [0, 0.05) is 22.8 Å². The van der Waals surface area contributed by atoms with E-state index in [0.29, 0.717) is 22.5 Å². The number of amides is 1. The number of sulfonamides is 1. The van der Waals surface area contributed by atoms with Gasteiger partial charge in [-0.15, -0.1) is 0 Å². The Balaban J connectivity index is 1.35. The lowest BCUT2D eigenvalue weighted by atomic mass is 9.84. The fourth-order valence-electron chi connectivity index (χ4n) is 4.99. The Kier molecular flexibility index (Phi) is 6.51. The first-order chi connectivity index (χ1) is 14.8. The van der Waals surface area contributed by atoms with Crippen LogP contribution in [0.15, 0.2) is 59.5 Å². The summed E-state index contributed by atoms with van der Waals surface area (Å²) in [7, 11) is -3.60. The van der Waals surface area contributed by atoms with E-state index in [0.717, 1.165) is 17.9 Å². The molecule has 0 aliphatic heterocycles. The second-order valence-electron chi connectivity index (χ2n) is 8.65. The number of hydrogen-bond acceptors (Lipinski definition) is 3. The van der Waals surface area contributed by atoms with Gasteiger partial charge in [0.05, 0.1) is 4.90 Å². The van der Waals surface area contributed by atoms with Crippen molar-refractivity contribution in [2.24, 2.45) is 17.8 Å².